The summed E-state index contributed by atoms with van der Waals surface area (Å²) >= 11 is 0. The van der Waals surface area contributed by atoms with E-state index in [0.717, 1.165) is 6.07 Å². The molecule has 0 unspecified atom stereocenters. The lowest BCUT2D eigenvalue weighted by Crippen LogP contribution is -2.32. The van der Waals surface area contributed by atoms with Gasteiger partial charge in [-0.25, -0.2) is 8.78 Å². The number of hydrogen-bond donors (Lipinski definition) is 1. The molecule has 2 aromatic rings. The van der Waals surface area contributed by atoms with Gasteiger partial charge in [0.2, 0.25) is 0 Å². The third-order valence-corrected chi connectivity index (χ3v) is 4.00. The molecule has 0 saturated carbocycles. The molecular formula is C18H16F2N2O2. The number of fused-ring (bicyclic) bond motifs is 1. The van der Waals surface area contributed by atoms with Gasteiger partial charge in [0.05, 0.1) is 16.1 Å². The molecule has 0 fully saturated rings. The fourth-order valence-electron chi connectivity index (χ4n) is 3.09. The summed E-state index contributed by atoms with van der Waals surface area (Å²) in [5, 5.41) is 13.9. The van der Waals surface area contributed by atoms with Crippen LogP contribution < -0.4 is 5.32 Å². The van der Waals surface area contributed by atoms with Crippen LogP contribution in [0.1, 0.15) is 26.3 Å². The van der Waals surface area contributed by atoms with Crippen LogP contribution >= 0.6 is 0 Å². The van der Waals surface area contributed by atoms with E-state index >= 15 is 4.39 Å². The van der Waals surface area contributed by atoms with Gasteiger partial charge in [0, 0.05) is 23.3 Å². The Labute approximate surface area is 138 Å². The molecule has 0 atom stereocenters. The van der Waals surface area contributed by atoms with E-state index in [1.165, 1.54) is 24.3 Å². The lowest BCUT2D eigenvalue weighted by molar-refractivity contribution is -0.384. The minimum atomic E-state index is -0.594. The van der Waals surface area contributed by atoms with Gasteiger partial charge in [-0.3, -0.25) is 10.1 Å². The summed E-state index contributed by atoms with van der Waals surface area (Å²) in [6.45, 7) is 5.46. The number of benzene rings is 2. The number of rotatable bonds is 2. The molecule has 0 spiro atoms. The maximum absolute atomic E-state index is 15.0. The van der Waals surface area contributed by atoms with Crippen molar-refractivity contribution in [2.45, 2.75) is 26.3 Å². The third kappa shape index (κ3) is 2.64. The van der Waals surface area contributed by atoms with Gasteiger partial charge < -0.3 is 5.32 Å². The van der Waals surface area contributed by atoms with Gasteiger partial charge in [-0.2, -0.15) is 0 Å². The van der Waals surface area contributed by atoms with Gasteiger partial charge in [-0.1, -0.05) is 18.2 Å². The number of nitrogens with zero attached hydrogens (tertiary/aromatic N) is 1. The molecule has 4 nitrogen and oxygen atoms in total. The number of nitrogens with one attached hydrogen (secondary N) is 1. The van der Waals surface area contributed by atoms with Crippen LogP contribution in [0.5, 0.6) is 0 Å². The predicted molar refractivity (Wildman–Crippen MR) is 89.8 cm³/mol. The number of nitro groups is 1. The quantitative estimate of drug-likeness (QED) is 0.612. The smallest absolute Gasteiger partial charge is 0.270 e. The van der Waals surface area contributed by atoms with Crippen LogP contribution in [-0.2, 0) is 0 Å². The Hall–Kier alpha value is -2.76. The summed E-state index contributed by atoms with van der Waals surface area (Å²) in [5.74, 6) is -1.18. The minimum Gasteiger partial charge on any atom is -0.374 e. The van der Waals surface area contributed by atoms with Crippen molar-refractivity contribution in [1.29, 1.82) is 0 Å². The van der Waals surface area contributed by atoms with E-state index in [1.807, 2.05) is 19.9 Å². The molecule has 2 aromatic carbocycles. The molecule has 3 rings (SSSR count). The Morgan fingerprint density at radius 1 is 1.21 bits per heavy atom. The minimum absolute atomic E-state index is 0.00389. The first-order valence-corrected chi connectivity index (χ1v) is 7.44. The molecule has 0 radical (unpaired) electrons. The van der Waals surface area contributed by atoms with Crippen molar-refractivity contribution in [2.75, 3.05) is 5.32 Å². The van der Waals surface area contributed by atoms with Crippen LogP contribution in [0.25, 0.3) is 16.7 Å². The van der Waals surface area contributed by atoms with Gasteiger partial charge in [-0.15, -0.1) is 0 Å². The van der Waals surface area contributed by atoms with E-state index in [-0.39, 0.29) is 28.1 Å². The Morgan fingerprint density at radius 2 is 1.92 bits per heavy atom. The maximum atomic E-state index is 15.0. The molecule has 24 heavy (non-hydrogen) atoms. The SMILES string of the molecule is CC1=CC(C)(C)Nc2c(F)cc(-c3cccc([N+](=O)[O-])c3)c(F)c21. The first-order chi connectivity index (χ1) is 11.2. The monoisotopic (exact) mass is 330 g/mol. The third-order valence-electron chi connectivity index (χ3n) is 4.00. The number of halogens is 2. The molecule has 0 aromatic heterocycles. The standard InChI is InChI=1S/C18H16F2N2O2/c1-10-9-18(2,3)21-17-14(19)8-13(16(20)15(10)17)11-5-4-6-12(7-11)22(23)24/h4-9,21H,1-3H3. The number of nitro benzene ring substituents is 1. The molecule has 1 N–H and O–H groups in total. The van der Waals surface area contributed by atoms with Gasteiger partial charge in [0.25, 0.3) is 5.69 Å². The summed E-state index contributed by atoms with van der Waals surface area (Å²) in [7, 11) is 0. The van der Waals surface area contributed by atoms with E-state index in [2.05, 4.69) is 5.32 Å². The second-order valence-corrected chi connectivity index (χ2v) is 6.45. The largest absolute Gasteiger partial charge is 0.374 e. The molecule has 6 heteroatoms. The lowest BCUT2D eigenvalue weighted by Gasteiger charge is -2.32. The van der Waals surface area contributed by atoms with Gasteiger partial charge in [-0.05, 0) is 38.0 Å². The Morgan fingerprint density at radius 3 is 2.58 bits per heavy atom. The number of hydrogen-bond acceptors (Lipinski definition) is 3. The van der Waals surface area contributed by atoms with Crippen molar-refractivity contribution in [1.82, 2.24) is 0 Å². The molecule has 1 heterocycles. The van der Waals surface area contributed by atoms with Gasteiger partial charge in [0.15, 0.2) is 0 Å². The fraction of sp³-hybridized carbons (Fsp3) is 0.222. The van der Waals surface area contributed by atoms with E-state index in [1.54, 1.807) is 6.92 Å². The number of non-ortho nitro benzene ring substituents is 1. The fourth-order valence-corrected chi connectivity index (χ4v) is 3.09. The molecule has 124 valence electrons. The number of allylic oxidation sites excluding steroid dienone is 1. The van der Waals surface area contributed by atoms with Gasteiger partial charge >= 0.3 is 0 Å². The number of anilines is 1. The van der Waals surface area contributed by atoms with Crippen LogP contribution in [0.4, 0.5) is 20.2 Å². The highest BCUT2D eigenvalue weighted by atomic mass is 19.1. The summed E-state index contributed by atoms with van der Waals surface area (Å²) in [4.78, 5) is 10.3. The van der Waals surface area contributed by atoms with E-state index in [4.69, 9.17) is 0 Å². The molecule has 0 amide bonds. The molecule has 0 saturated heterocycles. The Kier molecular flexibility index (Phi) is 3.63. The van der Waals surface area contributed by atoms with Crippen LogP contribution in [-0.4, -0.2) is 10.5 Å². The highest BCUT2D eigenvalue weighted by Gasteiger charge is 2.29. The normalized spacial score (nSPS) is 15.3. The van der Waals surface area contributed by atoms with E-state index in [0.29, 0.717) is 5.57 Å². The first-order valence-electron chi connectivity index (χ1n) is 7.44. The Balaban J connectivity index is 2.23. The molecule has 0 bridgehead atoms. The summed E-state index contributed by atoms with van der Waals surface area (Å²) < 4.78 is 29.6. The maximum Gasteiger partial charge on any atom is 0.270 e. The molecule has 1 aliphatic heterocycles. The highest BCUT2D eigenvalue weighted by Crippen LogP contribution is 2.41. The molecule has 1 aliphatic rings. The van der Waals surface area contributed by atoms with Crippen molar-refractivity contribution in [2.24, 2.45) is 0 Å². The van der Waals surface area contributed by atoms with Crippen molar-refractivity contribution >= 4 is 16.9 Å². The van der Waals surface area contributed by atoms with Gasteiger partial charge in [0.1, 0.15) is 11.6 Å². The predicted octanol–water partition coefficient (Wildman–Crippen LogP) is 5.15. The second kappa shape index (κ2) is 5.40. The summed E-state index contributed by atoms with van der Waals surface area (Å²) in [6, 6.07) is 6.61. The first kappa shape index (κ1) is 16.1. The van der Waals surface area contributed by atoms with Crippen LogP contribution in [0.2, 0.25) is 0 Å². The zero-order valence-electron chi connectivity index (χ0n) is 13.5. The Bertz CT molecular complexity index is 889. The van der Waals surface area contributed by atoms with Crippen molar-refractivity contribution in [3.8, 4) is 11.1 Å². The zero-order chi connectivity index (χ0) is 17.6. The van der Waals surface area contributed by atoms with Crippen LogP contribution in [0, 0.1) is 21.7 Å². The highest BCUT2D eigenvalue weighted by molar-refractivity contribution is 5.85. The zero-order valence-corrected chi connectivity index (χ0v) is 13.5. The summed E-state index contributed by atoms with van der Waals surface area (Å²) in [6.07, 6.45) is 1.83. The second-order valence-electron chi connectivity index (χ2n) is 6.45. The molecular weight excluding hydrogens is 314 g/mol. The van der Waals surface area contributed by atoms with Crippen LogP contribution in [0.15, 0.2) is 36.4 Å². The van der Waals surface area contributed by atoms with Crippen molar-refractivity contribution < 1.29 is 13.7 Å². The van der Waals surface area contributed by atoms with Crippen LogP contribution in [0.3, 0.4) is 0 Å². The topological polar surface area (TPSA) is 55.2 Å². The average molecular weight is 330 g/mol. The van der Waals surface area contributed by atoms with E-state index < -0.39 is 22.1 Å². The lowest BCUT2D eigenvalue weighted by atomic mass is 9.88. The average Bonchev–Trinajstić information content (AvgIpc) is 2.49. The summed E-state index contributed by atoms with van der Waals surface area (Å²) in [5.41, 5.74) is 0.513. The van der Waals surface area contributed by atoms with Crippen molar-refractivity contribution in [3.63, 3.8) is 0 Å². The molecule has 0 aliphatic carbocycles. The van der Waals surface area contributed by atoms with Crippen molar-refractivity contribution in [3.05, 3.63) is 63.7 Å². The van der Waals surface area contributed by atoms with E-state index in [9.17, 15) is 14.5 Å².